The largest absolute Gasteiger partial charge is 0.327 e. The molecular weight excluding hydrogens is 214 g/mol. The quantitative estimate of drug-likeness (QED) is 0.622. The van der Waals surface area contributed by atoms with E-state index in [0.29, 0.717) is 12.0 Å². The summed E-state index contributed by atoms with van der Waals surface area (Å²) in [6, 6.07) is 0.549. The molecule has 0 aromatic carbocycles. The fourth-order valence-electron chi connectivity index (χ4n) is 1.10. The van der Waals surface area contributed by atoms with Crippen LogP contribution < -0.4 is 16.8 Å². The van der Waals surface area contributed by atoms with Crippen molar-refractivity contribution in [1.82, 2.24) is 5.32 Å². The van der Waals surface area contributed by atoms with Crippen LogP contribution in [0.15, 0.2) is 0 Å². The van der Waals surface area contributed by atoms with Gasteiger partial charge in [-0.15, -0.1) is 0 Å². The Morgan fingerprint density at radius 1 is 1.18 bits per heavy atom. The summed E-state index contributed by atoms with van der Waals surface area (Å²) < 4.78 is 0. The van der Waals surface area contributed by atoms with Crippen molar-refractivity contribution in [2.24, 2.45) is 17.4 Å². The molecule has 0 aliphatic rings. The number of hydrogen-bond donors (Lipinski definition) is 3. The maximum atomic E-state index is 8.81. The molecular formula is C13H33N3O. The van der Waals surface area contributed by atoms with Gasteiger partial charge in [0.05, 0.1) is 0 Å². The van der Waals surface area contributed by atoms with Gasteiger partial charge in [0.1, 0.15) is 6.29 Å². The molecule has 0 fully saturated rings. The zero-order chi connectivity index (χ0) is 14.3. The van der Waals surface area contributed by atoms with Gasteiger partial charge in [-0.05, 0) is 32.7 Å². The summed E-state index contributed by atoms with van der Waals surface area (Å²) in [6.07, 6.45) is 2.79. The molecule has 106 valence electrons. The lowest BCUT2D eigenvalue weighted by Crippen LogP contribution is -2.35. The second-order valence-electron chi connectivity index (χ2n) is 4.04. The third-order valence-corrected chi connectivity index (χ3v) is 2.19. The lowest BCUT2D eigenvalue weighted by atomic mass is 9.98. The van der Waals surface area contributed by atoms with Gasteiger partial charge >= 0.3 is 0 Å². The maximum absolute atomic E-state index is 8.81. The number of aldehydes is 1. The van der Waals surface area contributed by atoms with Crippen LogP contribution in [0.3, 0.4) is 0 Å². The molecule has 0 heterocycles. The first-order chi connectivity index (χ1) is 7.99. The highest BCUT2D eigenvalue weighted by molar-refractivity contribution is 5.44. The molecule has 0 saturated heterocycles. The second kappa shape index (κ2) is 17.9. The lowest BCUT2D eigenvalue weighted by Gasteiger charge is -2.17. The second-order valence-corrected chi connectivity index (χ2v) is 4.04. The van der Waals surface area contributed by atoms with Crippen LogP contribution in [-0.4, -0.2) is 32.0 Å². The first kappa shape index (κ1) is 21.8. The van der Waals surface area contributed by atoms with Gasteiger partial charge in [-0.1, -0.05) is 27.7 Å². The van der Waals surface area contributed by atoms with E-state index >= 15 is 0 Å². The molecule has 0 amide bonds. The van der Waals surface area contributed by atoms with E-state index in [1.165, 1.54) is 6.92 Å². The monoisotopic (exact) mass is 247 g/mol. The molecule has 4 nitrogen and oxygen atoms in total. The molecule has 0 aliphatic heterocycles. The Hall–Kier alpha value is -0.450. The smallest absolute Gasteiger partial charge is 0.116 e. The maximum Gasteiger partial charge on any atom is 0.116 e. The molecule has 0 aromatic heterocycles. The van der Waals surface area contributed by atoms with Crippen LogP contribution in [0.5, 0.6) is 0 Å². The van der Waals surface area contributed by atoms with E-state index in [0.717, 1.165) is 25.7 Å². The zero-order valence-electron chi connectivity index (χ0n) is 12.5. The molecule has 0 aromatic rings. The molecule has 2 atom stereocenters. The van der Waals surface area contributed by atoms with E-state index < -0.39 is 0 Å². The van der Waals surface area contributed by atoms with Crippen molar-refractivity contribution >= 4 is 6.29 Å². The number of likely N-dealkylation sites (N-methyl/N-ethyl adjacent to an activating group) is 1. The van der Waals surface area contributed by atoms with Crippen molar-refractivity contribution in [1.29, 1.82) is 0 Å². The molecule has 0 bridgehead atoms. The van der Waals surface area contributed by atoms with Crippen molar-refractivity contribution in [3.05, 3.63) is 0 Å². The molecule has 0 rings (SSSR count). The van der Waals surface area contributed by atoms with Gasteiger partial charge in [0.15, 0.2) is 0 Å². The van der Waals surface area contributed by atoms with Crippen LogP contribution in [0, 0.1) is 5.92 Å². The Kier molecular flexibility index (Phi) is 23.0. The molecule has 2 unspecified atom stereocenters. The van der Waals surface area contributed by atoms with Gasteiger partial charge in [-0.25, -0.2) is 0 Å². The molecule has 4 heteroatoms. The van der Waals surface area contributed by atoms with E-state index in [2.05, 4.69) is 19.2 Å². The summed E-state index contributed by atoms with van der Waals surface area (Å²) >= 11 is 0. The van der Waals surface area contributed by atoms with Crippen molar-refractivity contribution in [3.63, 3.8) is 0 Å². The first-order valence-corrected chi connectivity index (χ1v) is 6.55. The number of carbonyl (C=O) groups excluding carboxylic acids is 1. The van der Waals surface area contributed by atoms with Gasteiger partial charge < -0.3 is 21.6 Å². The van der Waals surface area contributed by atoms with E-state index in [9.17, 15) is 0 Å². The summed E-state index contributed by atoms with van der Waals surface area (Å²) in [5.74, 6) is 0.562. The molecule has 0 aliphatic carbocycles. The van der Waals surface area contributed by atoms with Crippen LogP contribution in [-0.2, 0) is 4.79 Å². The highest BCUT2D eigenvalue weighted by Crippen LogP contribution is 2.06. The minimum absolute atomic E-state index is 0.250. The summed E-state index contributed by atoms with van der Waals surface area (Å²) in [6.45, 7) is 10.6. The predicted molar refractivity (Wildman–Crippen MR) is 77.0 cm³/mol. The third kappa shape index (κ3) is 21.4. The van der Waals surface area contributed by atoms with Gasteiger partial charge in [-0.2, -0.15) is 0 Å². The zero-order valence-corrected chi connectivity index (χ0v) is 12.5. The molecule has 17 heavy (non-hydrogen) atoms. The van der Waals surface area contributed by atoms with Crippen LogP contribution in [0.2, 0.25) is 0 Å². The number of hydrogen-bond acceptors (Lipinski definition) is 4. The topological polar surface area (TPSA) is 81.1 Å². The third-order valence-electron chi connectivity index (χ3n) is 2.19. The fourth-order valence-corrected chi connectivity index (χ4v) is 1.10. The van der Waals surface area contributed by atoms with Crippen molar-refractivity contribution in [3.8, 4) is 0 Å². The number of nitrogens with two attached hydrogens (primary N) is 2. The minimum atomic E-state index is 0.250. The van der Waals surface area contributed by atoms with E-state index in [-0.39, 0.29) is 6.04 Å². The van der Waals surface area contributed by atoms with Crippen molar-refractivity contribution in [2.75, 3.05) is 13.6 Å². The van der Waals surface area contributed by atoms with Crippen LogP contribution in [0.1, 0.15) is 47.5 Å². The Labute approximate surface area is 108 Å². The predicted octanol–water partition coefficient (Wildman–Crippen LogP) is 1.53. The summed E-state index contributed by atoms with van der Waals surface area (Å²) in [7, 11) is 1.92. The van der Waals surface area contributed by atoms with Crippen molar-refractivity contribution in [2.45, 2.75) is 59.5 Å². The minimum Gasteiger partial charge on any atom is -0.327 e. The SMILES string of the molecule is CC.CC=O.CNCC(N)CCC(N)C(C)C. The summed E-state index contributed by atoms with van der Waals surface area (Å²) in [5, 5.41) is 3.05. The average molecular weight is 247 g/mol. The Morgan fingerprint density at radius 3 is 1.88 bits per heavy atom. The van der Waals surface area contributed by atoms with E-state index in [4.69, 9.17) is 16.3 Å². The fraction of sp³-hybridized carbons (Fsp3) is 0.923. The Bertz CT molecular complexity index is 141. The molecule has 0 saturated carbocycles. The van der Waals surface area contributed by atoms with E-state index in [1.54, 1.807) is 0 Å². The van der Waals surface area contributed by atoms with Crippen LogP contribution >= 0.6 is 0 Å². The van der Waals surface area contributed by atoms with Crippen LogP contribution in [0.4, 0.5) is 0 Å². The number of nitrogens with one attached hydrogen (secondary N) is 1. The molecule has 5 N–H and O–H groups in total. The summed E-state index contributed by atoms with van der Waals surface area (Å²) in [5.41, 5.74) is 11.7. The van der Waals surface area contributed by atoms with Gasteiger partial charge in [0.25, 0.3) is 0 Å². The van der Waals surface area contributed by atoms with Crippen LogP contribution in [0.25, 0.3) is 0 Å². The number of carbonyl (C=O) groups is 1. The van der Waals surface area contributed by atoms with Crippen molar-refractivity contribution < 1.29 is 4.79 Å². The molecule has 0 spiro atoms. The first-order valence-electron chi connectivity index (χ1n) is 6.55. The summed E-state index contributed by atoms with van der Waals surface area (Å²) in [4.78, 5) is 8.81. The van der Waals surface area contributed by atoms with Gasteiger partial charge in [0.2, 0.25) is 0 Å². The van der Waals surface area contributed by atoms with E-state index in [1.807, 2.05) is 20.9 Å². The van der Waals surface area contributed by atoms with Gasteiger partial charge in [0, 0.05) is 18.6 Å². The normalized spacial score (nSPS) is 12.8. The molecule has 0 radical (unpaired) electrons. The Morgan fingerprint density at radius 2 is 1.59 bits per heavy atom. The standard InChI is InChI=1S/C9H23N3.C2H4O.C2H6/c1-7(2)9(11)5-4-8(10)6-12-3;1-2-3;1-2/h7-9,12H,4-6,10-11H2,1-3H3;2H,1H3;1-2H3. The Balaban J connectivity index is -0.000000337. The highest BCUT2D eigenvalue weighted by atomic mass is 16.1. The number of rotatable bonds is 6. The average Bonchev–Trinajstić information content (AvgIpc) is 2.30. The highest BCUT2D eigenvalue weighted by Gasteiger charge is 2.09. The van der Waals surface area contributed by atoms with Gasteiger partial charge in [-0.3, -0.25) is 0 Å². The lowest BCUT2D eigenvalue weighted by molar-refractivity contribution is -0.106.